The summed E-state index contributed by atoms with van der Waals surface area (Å²) in [6.45, 7) is 4.24. The Hall–Kier alpha value is -1.36. The van der Waals surface area contributed by atoms with Crippen LogP contribution < -0.4 is 0 Å². The van der Waals surface area contributed by atoms with Crippen molar-refractivity contribution in [2.75, 3.05) is 20.1 Å². The summed E-state index contributed by atoms with van der Waals surface area (Å²) in [4.78, 5) is 18.2. The summed E-state index contributed by atoms with van der Waals surface area (Å²) in [5.74, 6) is 0.511. The lowest BCUT2D eigenvalue weighted by Crippen LogP contribution is -2.21. The smallest absolute Gasteiger partial charge is 0.356 e. The highest BCUT2D eigenvalue weighted by atomic mass is 16.4. The first kappa shape index (κ1) is 12.7. The number of carboxylic acids is 1. The van der Waals surface area contributed by atoms with Gasteiger partial charge in [0.2, 0.25) is 0 Å². The number of fused-ring (bicyclic) bond motifs is 1. The van der Waals surface area contributed by atoms with Gasteiger partial charge in [0.1, 0.15) is 5.82 Å². The van der Waals surface area contributed by atoms with Gasteiger partial charge in [0.05, 0.1) is 5.69 Å². The maximum atomic E-state index is 11.4. The highest BCUT2D eigenvalue weighted by Crippen LogP contribution is 2.34. The predicted octanol–water partition coefficient (Wildman–Crippen LogP) is 1.90. The highest BCUT2D eigenvalue weighted by molar-refractivity contribution is 5.87. The first-order valence-corrected chi connectivity index (χ1v) is 7.10. The zero-order valence-electron chi connectivity index (χ0n) is 11.6. The number of nitrogens with zero attached hydrogens (tertiary/aromatic N) is 3. The highest BCUT2D eigenvalue weighted by Gasteiger charge is 2.33. The molecule has 5 heteroatoms. The number of likely N-dealkylation sites (tertiary alicyclic amines) is 1. The molecule has 1 saturated heterocycles. The molecule has 2 aliphatic heterocycles. The van der Waals surface area contributed by atoms with Gasteiger partial charge in [-0.05, 0) is 46.2 Å². The van der Waals surface area contributed by atoms with Crippen molar-refractivity contribution in [1.82, 2.24) is 14.5 Å². The minimum atomic E-state index is -0.879. The first-order chi connectivity index (χ1) is 9.08. The molecule has 1 N–H and O–H groups in total. The van der Waals surface area contributed by atoms with E-state index in [9.17, 15) is 9.90 Å². The zero-order valence-corrected chi connectivity index (χ0v) is 11.6. The molecule has 19 heavy (non-hydrogen) atoms. The molecule has 1 aromatic rings. The quantitative estimate of drug-likeness (QED) is 0.885. The molecule has 2 unspecified atom stereocenters. The van der Waals surface area contributed by atoms with Gasteiger partial charge in [-0.3, -0.25) is 0 Å². The van der Waals surface area contributed by atoms with E-state index in [1.54, 1.807) is 0 Å². The molecule has 0 amide bonds. The Bertz CT molecular complexity index is 509. The van der Waals surface area contributed by atoms with Crippen molar-refractivity contribution >= 4 is 5.97 Å². The summed E-state index contributed by atoms with van der Waals surface area (Å²) in [5, 5.41) is 9.35. The van der Waals surface area contributed by atoms with Crippen LogP contribution in [0.1, 0.15) is 60.2 Å². The lowest BCUT2D eigenvalue weighted by molar-refractivity contribution is 0.0689. The summed E-state index contributed by atoms with van der Waals surface area (Å²) >= 11 is 0. The van der Waals surface area contributed by atoms with Crippen LogP contribution in [-0.2, 0) is 6.42 Å². The van der Waals surface area contributed by atoms with Crippen LogP contribution in [0.5, 0.6) is 0 Å². The maximum Gasteiger partial charge on any atom is 0.356 e. The lowest BCUT2D eigenvalue weighted by atomic mass is 10.0. The van der Waals surface area contributed by atoms with Crippen LogP contribution in [0.4, 0.5) is 0 Å². The average molecular weight is 263 g/mol. The van der Waals surface area contributed by atoms with E-state index in [4.69, 9.17) is 0 Å². The van der Waals surface area contributed by atoms with Crippen molar-refractivity contribution in [3.05, 3.63) is 17.2 Å². The SMILES string of the molecule is CC1CCCc2c(C(=O)O)nc(C3CCN(C)C3)n21. The number of rotatable bonds is 2. The van der Waals surface area contributed by atoms with E-state index in [1.165, 1.54) is 0 Å². The normalized spacial score (nSPS) is 27.5. The Labute approximate surface area is 113 Å². The Morgan fingerprint density at radius 3 is 2.84 bits per heavy atom. The largest absolute Gasteiger partial charge is 0.476 e. The van der Waals surface area contributed by atoms with E-state index in [1.807, 2.05) is 0 Å². The molecule has 0 saturated carbocycles. The molecule has 0 spiro atoms. The van der Waals surface area contributed by atoms with E-state index < -0.39 is 5.97 Å². The lowest BCUT2D eigenvalue weighted by Gasteiger charge is -2.26. The van der Waals surface area contributed by atoms with Gasteiger partial charge in [-0.2, -0.15) is 0 Å². The number of imidazole rings is 1. The van der Waals surface area contributed by atoms with E-state index in [0.717, 1.165) is 50.3 Å². The fourth-order valence-corrected chi connectivity index (χ4v) is 3.52. The molecular formula is C14H21N3O2. The van der Waals surface area contributed by atoms with Crippen LogP contribution in [0.3, 0.4) is 0 Å². The number of carboxylic acid groups (broad SMARTS) is 1. The van der Waals surface area contributed by atoms with Gasteiger partial charge in [-0.1, -0.05) is 0 Å². The zero-order chi connectivity index (χ0) is 13.6. The van der Waals surface area contributed by atoms with Crippen molar-refractivity contribution in [3.63, 3.8) is 0 Å². The van der Waals surface area contributed by atoms with Crippen molar-refractivity contribution in [2.24, 2.45) is 0 Å². The molecule has 2 aliphatic rings. The van der Waals surface area contributed by atoms with Crippen LogP contribution in [-0.4, -0.2) is 45.7 Å². The Morgan fingerprint density at radius 1 is 1.42 bits per heavy atom. The second-order valence-corrected chi connectivity index (χ2v) is 5.93. The number of hydrogen-bond donors (Lipinski definition) is 1. The van der Waals surface area contributed by atoms with E-state index in [0.29, 0.717) is 12.0 Å². The fraction of sp³-hybridized carbons (Fsp3) is 0.714. The standard InChI is InChI=1S/C14H21N3O2/c1-9-4-3-5-11-12(14(18)19)15-13(17(9)11)10-6-7-16(2)8-10/h9-10H,3-8H2,1-2H3,(H,18,19). The molecule has 3 heterocycles. The van der Waals surface area contributed by atoms with Gasteiger partial charge in [-0.25, -0.2) is 9.78 Å². The number of aromatic nitrogens is 2. The molecule has 0 radical (unpaired) electrons. The molecule has 0 aliphatic carbocycles. The molecule has 2 atom stereocenters. The van der Waals surface area contributed by atoms with Crippen LogP contribution in [0.2, 0.25) is 0 Å². The summed E-state index contributed by atoms with van der Waals surface area (Å²) in [5.41, 5.74) is 1.23. The van der Waals surface area contributed by atoms with Crippen LogP contribution >= 0.6 is 0 Å². The molecule has 104 valence electrons. The second kappa shape index (κ2) is 4.63. The minimum Gasteiger partial charge on any atom is -0.476 e. The van der Waals surface area contributed by atoms with Crippen molar-refractivity contribution in [1.29, 1.82) is 0 Å². The second-order valence-electron chi connectivity index (χ2n) is 5.93. The Morgan fingerprint density at radius 2 is 2.21 bits per heavy atom. The van der Waals surface area contributed by atoms with Gasteiger partial charge in [0, 0.05) is 18.5 Å². The van der Waals surface area contributed by atoms with Crippen LogP contribution in [0.25, 0.3) is 0 Å². The van der Waals surface area contributed by atoms with E-state index in [2.05, 4.69) is 28.4 Å². The fourth-order valence-electron chi connectivity index (χ4n) is 3.52. The number of aromatic carboxylic acids is 1. The van der Waals surface area contributed by atoms with E-state index >= 15 is 0 Å². The average Bonchev–Trinajstić information content (AvgIpc) is 2.93. The van der Waals surface area contributed by atoms with Gasteiger partial charge < -0.3 is 14.6 Å². The number of carbonyl (C=O) groups is 1. The van der Waals surface area contributed by atoms with Crippen molar-refractivity contribution in [3.8, 4) is 0 Å². The summed E-state index contributed by atoms with van der Waals surface area (Å²) in [6.07, 6.45) is 4.12. The third kappa shape index (κ3) is 2.06. The first-order valence-electron chi connectivity index (χ1n) is 7.10. The van der Waals surface area contributed by atoms with Gasteiger partial charge >= 0.3 is 5.97 Å². The molecule has 3 rings (SSSR count). The van der Waals surface area contributed by atoms with Crippen LogP contribution in [0.15, 0.2) is 0 Å². The van der Waals surface area contributed by atoms with Gasteiger partial charge in [0.15, 0.2) is 5.69 Å². The topological polar surface area (TPSA) is 58.4 Å². The summed E-state index contributed by atoms with van der Waals surface area (Å²) in [7, 11) is 2.11. The molecule has 0 aromatic carbocycles. The number of hydrogen-bond acceptors (Lipinski definition) is 3. The summed E-state index contributed by atoms with van der Waals surface area (Å²) in [6, 6.07) is 0.380. The third-order valence-corrected chi connectivity index (χ3v) is 4.47. The Balaban J connectivity index is 2.06. The molecule has 1 aromatic heterocycles. The van der Waals surface area contributed by atoms with Crippen LogP contribution in [0, 0.1) is 0 Å². The minimum absolute atomic E-state index is 0.288. The predicted molar refractivity (Wildman–Crippen MR) is 71.7 cm³/mol. The number of likely N-dealkylation sites (N-methyl/N-ethyl adjacent to an activating group) is 1. The van der Waals surface area contributed by atoms with E-state index in [-0.39, 0.29) is 5.69 Å². The molecule has 0 bridgehead atoms. The molecule has 1 fully saturated rings. The maximum absolute atomic E-state index is 11.4. The third-order valence-electron chi connectivity index (χ3n) is 4.47. The monoisotopic (exact) mass is 263 g/mol. The molecule has 5 nitrogen and oxygen atoms in total. The Kier molecular flexibility index (Phi) is 3.09. The summed E-state index contributed by atoms with van der Waals surface area (Å²) < 4.78 is 2.22. The van der Waals surface area contributed by atoms with Gasteiger partial charge in [0.25, 0.3) is 0 Å². The molecular weight excluding hydrogens is 242 g/mol. The van der Waals surface area contributed by atoms with Crippen molar-refractivity contribution < 1.29 is 9.90 Å². The van der Waals surface area contributed by atoms with Gasteiger partial charge in [-0.15, -0.1) is 0 Å². The van der Waals surface area contributed by atoms with Crippen molar-refractivity contribution in [2.45, 2.75) is 44.6 Å².